The highest BCUT2D eigenvalue weighted by Crippen LogP contribution is 2.33. The molecular formula is C13H24OSi. The zero-order valence-corrected chi connectivity index (χ0v) is 11.8. The van der Waals surface area contributed by atoms with Gasteiger partial charge in [0.15, 0.2) is 0 Å². The highest BCUT2D eigenvalue weighted by Gasteiger charge is 2.25. The minimum absolute atomic E-state index is 0.535. The van der Waals surface area contributed by atoms with Gasteiger partial charge in [-0.1, -0.05) is 19.1 Å². The minimum Gasteiger partial charge on any atom is -0.547 e. The van der Waals surface area contributed by atoms with Crippen LogP contribution in [0.15, 0.2) is 24.0 Å². The van der Waals surface area contributed by atoms with E-state index in [0.29, 0.717) is 11.8 Å². The van der Waals surface area contributed by atoms with Crippen LogP contribution in [0.3, 0.4) is 0 Å². The number of hydrogen-bond donors (Lipinski definition) is 0. The van der Waals surface area contributed by atoms with Crippen LogP contribution in [0.4, 0.5) is 0 Å². The second-order valence-electron chi connectivity index (χ2n) is 5.71. The van der Waals surface area contributed by atoms with Crippen LogP contribution in [0.1, 0.15) is 26.7 Å². The van der Waals surface area contributed by atoms with Crippen molar-refractivity contribution in [3.63, 3.8) is 0 Å². The first kappa shape index (κ1) is 12.6. The minimum atomic E-state index is -1.45. The molecule has 0 aromatic rings. The first-order valence-corrected chi connectivity index (χ1v) is 9.26. The standard InChI is InChI=1S/C13H24OSi/c1-10(2)12-8-7-11(3)13(9-12)14-15(4,5)6/h9,11-12H,1,7-8H2,2-6H3/t11-,12+/m0/s1. The van der Waals surface area contributed by atoms with Gasteiger partial charge in [0.25, 0.3) is 0 Å². The van der Waals surface area contributed by atoms with E-state index in [1.807, 2.05) is 0 Å². The smallest absolute Gasteiger partial charge is 0.241 e. The van der Waals surface area contributed by atoms with Gasteiger partial charge in [-0.2, -0.15) is 0 Å². The van der Waals surface area contributed by atoms with Crippen molar-refractivity contribution in [2.24, 2.45) is 11.8 Å². The maximum atomic E-state index is 6.13. The lowest BCUT2D eigenvalue weighted by atomic mass is 9.85. The molecule has 2 heteroatoms. The van der Waals surface area contributed by atoms with E-state index >= 15 is 0 Å². The summed E-state index contributed by atoms with van der Waals surface area (Å²) in [4.78, 5) is 0. The number of allylic oxidation sites excluding steroid dienone is 3. The molecule has 0 radical (unpaired) electrons. The molecule has 0 N–H and O–H groups in total. The SMILES string of the molecule is C=C(C)[C@H]1C=C(O[Si](C)(C)C)[C@@H](C)CC1. The summed E-state index contributed by atoms with van der Waals surface area (Å²) < 4.78 is 6.13. The summed E-state index contributed by atoms with van der Waals surface area (Å²) in [5.41, 5.74) is 1.26. The molecule has 1 aliphatic carbocycles. The van der Waals surface area contributed by atoms with Gasteiger partial charge in [0.2, 0.25) is 8.32 Å². The second-order valence-corrected chi connectivity index (χ2v) is 10.1. The molecule has 15 heavy (non-hydrogen) atoms. The Morgan fingerprint density at radius 3 is 2.47 bits per heavy atom. The van der Waals surface area contributed by atoms with E-state index in [0.717, 1.165) is 0 Å². The molecule has 2 atom stereocenters. The van der Waals surface area contributed by atoms with Gasteiger partial charge in [0.05, 0.1) is 5.76 Å². The molecule has 0 saturated carbocycles. The third-order valence-electron chi connectivity index (χ3n) is 2.82. The van der Waals surface area contributed by atoms with E-state index in [4.69, 9.17) is 4.43 Å². The Labute approximate surface area is 95.4 Å². The van der Waals surface area contributed by atoms with Crippen molar-refractivity contribution < 1.29 is 4.43 Å². The number of hydrogen-bond acceptors (Lipinski definition) is 1. The predicted octanol–water partition coefficient (Wildman–Crippen LogP) is 4.34. The highest BCUT2D eigenvalue weighted by atomic mass is 28.4. The lowest BCUT2D eigenvalue weighted by Gasteiger charge is -2.31. The molecule has 0 aromatic heterocycles. The molecule has 0 heterocycles. The van der Waals surface area contributed by atoms with Crippen LogP contribution in [0, 0.1) is 11.8 Å². The fraction of sp³-hybridized carbons (Fsp3) is 0.692. The van der Waals surface area contributed by atoms with Crippen LogP contribution in [0.25, 0.3) is 0 Å². The Bertz CT molecular complexity index is 273. The molecule has 1 nitrogen and oxygen atoms in total. The summed E-state index contributed by atoms with van der Waals surface area (Å²) in [6.07, 6.45) is 4.76. The molecular weight excluding hydrogens is 200 g/mol. The Morgan fingerprint density at radius 2 is 2.00 bits per heavy atom. The first-order chi connectivity index (χ1) is 6.79. The highest BCUT2D eigenvalue weighted by molar-refractivity contribution is 6.70. The van der Waals surface area contributed by atoms with Crippen LogP contribution in [-0.2, 0) is 4.43 Å². The maximum Gasteiger partial charge on any atom is 0.241 e. The fourth-order valence-corrected chi connectivity index (χ4v) is 2.87. The summed E-state index contributed by atoms with van der Waals surface area (Å²) in [7, 11) is -1.45. The van der Waals surface area contributed by atoms with Gasteiger partial charge >= 0.3 is 0 Å². The van der Waals surface area contributed by atoms with Crippen LogP contribution < -0.4 is 0 Å². The normalized spacial score (nSPS) is 27.1. The van der Waals surface area contributed by atoms with Gasteiger partial charge in [0.1, 0.15) is 0 Å². The van der Waals surface area contributed by atoms with Crippen molar-refractivity contribution in [2.75, 3.05) is 0 Å². The quantitative estimate of drug-likeness (QED) is 0.512. The fourth-order valence-electron chi connectivity index (χ4n) is 1.89. The second kappa shape index (κ2) is 4.56. The Kier molecular flexibility index (Phi) is 3.82. The van der Waals surface area contributed by atoms with E-state index in [-0.39, 0.29) is 0 Å². The third-order valence-corrected chi connectivity index (χ3v) is 3.67. The van der Waals surface area contributed by atoms with Crippen LogP contribution >= 0.6 is 0 Å². The first-order valence-electron chi connectivity index (χ1n) is 5.86. The van der Waals surface area contributed by atoms with Crippen molar-refractivity contribution in [1.82, 2.24) is 0 Å². The van der Waals surface area contributed by atoms with E-state index in [2.05, 4.69) is 46.1 Å². The Hall–Kier alpha value is -0.503. The van der Waals surface area contributed by atoms with Crippen LogP contribution in [0.5, 0.6) is 0 Å². The van der Waals surface area contributed by atoms with Gasteiger partial charge in [-0.05, 0) is 45.5 Å². The lowest BCUT2D eigenvalue weighted by molar-refractivity contribution is 0.310. The van der Waals surface area contributed by atoms with Crippen molar-refractivity contribution in [3.05, 3.63) is 24.0 Å². The maximum absolute atomic E-state index is 6.13. The summed E-state index contributed by atoms with van der Waals surface area (Å²) in [5, 5.41) is 0. The van der Waals surface area contributed by atoms with Gasteiger partial charge in [-0.25, -0.2) is 0 Å². The summed E-state index contributed by atoms with van der Waals surface area (Å²) >= 11 is 0. The Balaban J connectivity index is 2.78. The molecule has 86 valence electrons. The molecule has 1 aliphatic rings. The van der Waals surface area contributed by atoms with Crippen molar-refractivity contribution in [2.45, 2.75) is 46.3 Å². The predicted molar refractivity (Wildman–Crippen MR) is 69.2 cm³/mol. The van der Waals surface area contributed by atoms with Gasteiger partial charge in [-0.3, -0.25) is 0 Å². The van der Waals surface area contributed by atoms with E-state index in [1.54, 1.807) is 0 Å². The average Bonchev–Trinajstić information content (AvgIpc) is 2.06. The van der Waals surface area contributed by atoms with Gasteiger partial charge in [0, 0.05) is 11.8 Å². The summed E-state index contributed by atoms with van der Waals surface area (Å²) in [5.74, 6) is 2.34. The molecule has 0 spiro atoms. The zero-order valence-electron chi connectivity index (χ0n) is 10.8. The van der Waals surface area contributed by atoms with Crippen LogP contribution in [0.2, 0.25) is 19.6 Å². The lowest BCUT2D eigenvalue weighted by Crippen LogP contribution is -2.28. The van der Waals surface area contributed by atoms with Crippen molar-refractivity contribution in [3.8, 4) is 0 Å². The number of rotatable bonds is 3. The van der Waals surface area contributed by atoms with E-state index in [1.165, 1.54) is 24.2 Å². The average molecular weight is 224 g/mol. The molecule has 0 aliphatic heterocycles. The van der Waals surface area contributed by atoms with Gasteiger partial charge in [-0.15, -0.1) is 0 Å². The van der Waals surface area contributed by atoms with Gasteiger partial charge < -0.3 is 4.43 Å². The molecule has 0 amide bonds. The Morgan fingerprint density at radius 1 is 1.40 bits per heavy atom. The largest absolute Gasteiger partial charge is 0.547 e. The monoisotopic (exact) mass is 224 g/mol. The van der Waals surface area contributed by atoms with E-state index < -0.39 is 8.32 Å². The molecule has 1 rings (SSSR count). The zero-order chi connectivity index (χ0) is 11.6. The molecule has 0 aromatic carbocycles. The van der Waals surface area contributed by atoms with Crippen molar-refractivity contribution in [1.29, 1.82) is 0 Å². The van der Waals surface area contributed by atoms with Crippen LogP contribution in [-0.4, -0.2) is 8.32 Å². The molecule has 0 bridgehead atoms. The molecule has 0 saturated heterocycles. The summed E-state index contributed by atoms with van der Waals surface area (Å²) in [6.45, 7) is 15.1. The third kappa shape index (κ3) is 3.86. The van der Waals surface area contributed by atoms with Crippen molar-refractivity contribution >= 4 is 8.32 Å². The van der Waals surface area contributed by atoms with E-state index in [9.17, 15) is 0 Å². The molecule has 0 fully saturated rings. The summed E-state index contributed by atoms with van der Waals surface area (Å²) in [6, 6.07) is 0. The molecule has 0 unspecified atom stereocenters. The topological polar surface area (TPSA) is 9.23 Å².